The molecule has 120 valence electrons. The average Bonchev–Trinajstić information content (AvgIpc) is 2.45. The molecule has 0 saturated heterocycles. The summed E-state index contributed by atoms with van der Waals surface area (Å²) in [6.07, 6.45) is 1.87. The van der Waals surface area contributed by atoms with E-state index in [1.54, 1.807) is 12.1 Å². The molecule has 0 saturated carbocycles. The Kier molecular flexibility index (Phi) is 9.09. The molecule has 0 fully saturated rings. The van der Waals surface area contributed by atoms with Crippen molar-refractivity contribution < 1.29 is 9.18 Å². The van der Waals surface area contributed by atoms with Crippen molar-refractivity contribution >= 4 is 34.2 Å². The number of carbonyl (C=O) groups is 1. The normalized spacial score (nSPS) is 10.9. The molecule has 0 radical (unpaired) electrons. The molecular formula is C15H23BrClFN2O. The van der Waals surface area contributed by atoms with Crippen LogP contribution in [-0.2, 0) is 11.2 Å². The number of benzene rings is 1. The van der Waals surface area contributed by atoms with E-state index in [0.717, 1.165) is 4.47 Å². The first kappa shape index (κ1) is 20.3. The number of hydrogen-bond donors (Lipinski definition) is 2. The van der Waals surface area contributed by atoms with Crippen molar-refractivity contribution in [3.8, 4) is 0 Å². The van der Waals surface area contributed by atoms with Gasteiger partial charge in [-0.2, -0.15) is 0 Å². The number of rotatable bonds is 7. The van der Waals surface area contributed by atoms with E-state index in [0.29, 0.717) is 37.9 Å². The molecule has 1 rings (SSSR count). The van der Waals surface area contributed by atoms with Crippen LogP contribution in [0.4, 0.5) is 4.39 Å². The van der Waals surface area contributed by atoms with Crippen molar-refractivity contribution in [2.45, 2.75) is 33.1 Å². The van der Waals surface area contributed by atoms with Gasteiger partial charge < -0.3 is 11.1 Å². The van der Waals surface area contributed by atoms with Gasteiger partial charge in [-0.05, 0) is 43.0 Å². The molecule has 0 unspecified atom stereocenters. The summed E-state index contributed by atoms with van der Waals surface area (Å²) in [5.41, 5.74) is 5.81. The second kappa shape index (κ2) is 9.38. The Balaban J connectivity index is 0.00000400. The lowest BCUT2D eigenvalue weighted by Gasteiger charge is -2.28. The van der Waals surface area contributed by atoms with Crippen LogP contribution in [0.25, 0.3) is 0 Å². The Morgan fingerprint density at radius 3 is 2.52 bits per heavy atom. The van der Waals surface area contributed by atoms with Gasteiger partial charge >= 0.3 is 0 Å². The molecule has 0 heterocycles. The summed E-state index contributed by atoms with van der Waals surface area (Å²) in [4.78, 5) is 12.2. The van der Waals surface area contributed by atoms with Gasteiger partial charge in [-0.1, -0.05) is 29.8 Å². The molecular weight excluding hydrogens is 359 g/mol. The van der Waals surface area contributed by atoms with Gasteiger partial charge in [0.25, 0.3) is 0 Å². The molecule has 3 N–H and O–H groups in total. The maximum Gasteiger partial charge on any atom is 0.227 e. The van der Waals surface area contributed by atoms with Crippen LogP contribution in [0.15, 0.2) is 22.7 Å². The molecule has 0 aliphatic rings. The van der Waals surface area contributed by atoms with E-state index in [2.05, 4.69) is 21.2 Å². The van der Waals surface area contributed by atoms with Crippen LogP contribution >= 0.6 is 28.3 Å². The minimum absolute atomic E-state index is 0. The van der Waals surface area contributed by atoms with E-state index in [1.807, 2.05) is 13.8 Å². The average molecular weight is 382 g/mol. The van der Waals surface area contributed by atoms with Gasteiger partial charge in [-0.3, -0.25) is 4.79 Å². The van der Waals surface area contributed by atoms with Crippen molar-refractivity contribution in [1.29, 1.82) is 0 Å². The van der Waals surface area contributed by atoms with Crippen molar-refractivity contribution in [3.05, 3.63) is 34.1 Å². The fourth-order valence-electron chi connectivity index (χ4n) is 2.19. The lowest BCUT2D eigenvalue weighted by Crippen LogP contribution is -2.45. The van der Waals surface area contributed by atoms with E-state index in [1.165, 1.54) is 6.07 Å². The third kappa shape index (κ3) is 5.24. The fraction of sp³-hybridized carbons (Fsp3) is 0.533. The lowest BCUT2D eigenvalue weighted by atomic mass is 9.81. The van der Waals surface area contributed by atoms with Gasteiger partial charge in [-0.25, -0.2) is 4.39 Å². The number of nitrogens with two attached hydrogens (primary N) is 1. The standard InChI is InChI=1S/C15H22BrFN2O.ClH/c1-3-15(4-2,10-18)14(20)19-8-7-11-9-12(16)5-6-13(11)17;/h5-6,9H,3-4,7-8,10,18H2,1-2H3,(H,19,20);1H. The zero-order valence-corrected chi connectivity index (χ0v) is 14.8. The van der Waals surface area contributed by atoms with Crippen LogP contribution in [0.2, 0.25) is 0 Å². The quantitative estimate of drug-likeness (QED) is 0.760. The Bertz CT molecular complexity index is 459. The van der Waals surface area contributed by atoms with Gasteiger partial charge in [0, 0.05) is 17.6 Å². The maximum atomic E-state index is 13.6. The molecule has 1 aromatic carbocycles. The second-order valence-corrected chi connectivity index (χ2v) is 5.85. The Labute approximate surface area is 140 Å². The molecule has 0 atom stereocenters. The minimum Gasteiger partial charge on any atom is -0.355 e. The first-order valence-electron chi connectivity index (χ1n) is 6.91. The van der Waals surface area contributed by atoms with Crippen LogP contribution in [0.5, 0.6) is 0 Å². The fourth-order valence-corrected chi connectivity index (χ4v) is 2.59. The van der Waals surface area contributed by atoms with E-state index in [4.69, 9.17) is 5.73 Å². The summed E-state index contributed by atoms with van der Waals surface area (Å²) in [5.74, 6) is -0.293. The van der Waals surface area contributed by atoms with E-state index >= 15 is 0 Å². The van der Waals surface area contributed by atoms with Gasteiger partial charge in [0.2, 0.25) is 5.91 Å². The maximum absolute atomic E-state index is 13.6. The number of amides is 1. The summed E-state index contributed by atoms with van der Waals surface area (Å²) in [6, 6.07) is 4.81. The molecule has 0 aliphatic heterocycles. The van der Waals surface area contributed by atoms with E-state index in [9.17, 15) is 9.18 Å². The van der Waals surface area contributed by atoms with Gasteiger partial charge in [0.05, 0.1) is 5.41 Å². The Hall–Kier alpha value is -0.650. The van der Waals surface area contributed by atoms with Crippen LogP contribution in [-0.4, -0.2) is 19.0 Å². The largest absolute Gasteiger partial charge is 0.355 e. The number of carbonyl (C=O) groups excluding carboxylic acids is 1. The molecule has 1 aromatic rings. The summed E-state index contributed by atoms with van der Waals surface area (Å²) >= 11 is 3.31. The lowest BCUT2D eigenvalue weighted by molar-refractivity contribution is -0.131. The summed E-state index contributed by atoms with van der Waals surface area (Å²) in [7, 11) is 0. The van der Waals surface area contributed by atoms with Crippen molar-refractivity contribution in [1.82, 2.24) is 5.32 Å². The van der Waals surface area contributed by atoms with Crippen LogP contribution < -0.4 is 11.1 Å². The third-order valence-corrected chi connectivity index (χ3v) is 4.41. The molecule has 21 heavy (non-hydrogen) atoms. The highest BCUT2D eigenvalue weighted by Crippen LogP contribution is 2.25. The van der Waals surface area contributed by atoms with Gasteiger partial charge in [0.1, 0.15) is 5.82 Å². The molecule has 3 nitrogen and oxygen atoms in total. The highest BCUT2D eigenvalue weighted by Gasteiger charge is 2.32. The SMILES string of the molecule is CCC(CC)(CN)C(=O)NCCc1cc(Br)ccc1F.Cl. The first-order valence-corrected chi connectivity index (χ1v) is 7.70. The van der Waals surface area contributed by atoms with Crippen molar-refractivity contribution in [2.75, 3.05) is 13.1 Å². The van der Waals surface area contributed by atoms with Crippen molar-refractivity contribution in [2.24, 2.45) is 11.1 Å². The number of nitrogens with one attached hydrogen (secondary N) is 1. The van der Waals surface area contributed by atoms with E-state index < -0.39 is 5.41 Å². The predicted octanol–water partition coefficient (Wildman–Crippen LogP) is 3.43. The van der Waals surface area contributed by atoms with Crippen LogP contribution in [0.3, 0.4) is 0 Å². The van der Waals surface area contributed by atoms with Gasteiger partial charge in [-0.15, -0.1) is 12.4 Å². The van der Waals surface area contributed by atoms with Gasteiger partial charge in [0.15, 0.2) is 0 Å². The zero-order valence-electron chi connectivity index (χ0n) is 12.4. The predicted molar refractivity (Wildman–Crippen MR) is 90.1 cm³/mol. The Morgan fingerprint density at radius 2 is 2.00 bits per heavy atom. The molecule has 0 aromatic heterocycles. The van der Waals surface area contributed by atoms with Crippen LogP contribution in [0.1, 0.15) is 32.3 Å². The second-order valence-electron chi connectivity index (χ2n) is 4.93. The zero-order chi connectivity index (χ0) is 15.2. The minimum atomic E-state index is -0.504. The Morgan fingerprint density at radius 1 is 1.38 bits per heavy atom. The smallest absolute Gasteiger partial charge is 0.227 e. The molecule has 0 bridgehead atoms. The number of hydrogen-bond acceptors (Lipinski definition) is 2. The molecule has 1 amide bonds. The topological polar surface area (TPSA) is 55.1 Å². The first-order chi connectivity index (χ1) is 9.49. The summed E-state index contributed by atoms with van der Waals surface area (Å²) in [5, 5.41) is 2.87. The molecule has 0 aliphatic carbocycles. The number of halogens is 3. The summed E-state index contributed by atoms with van der Waals surface area (Å²) in [6.45, 7) is 4.67. The third-order valence-electron chi connectivity index (χ3n) is 3.91. The molecule has 6 heteroatoms. The molecule has 0 spiro atoms. The highest BCUT2D eigenvalue weighted by molar-refractivity contribution is 9.10. The summed E-state index contributed by atoms with van der Waals surface area (Å²) < 4.78 is 14.4. The highest BCUT2D eigenvalue weighted by atomic mass is 79.9. The van der Waals surface area contributed by atoms with Crippen molar-refractivity contribution in [3.63, 3.8) is 0 Å². The van der Waals surface area contributed by atoms with Crippen LogP contribution in [0, 0.1) is 11.2 Å². The van der Waals surface area contributed by atoms with E-state index in [-0.39, 0.29) is 24.1 Å². The monoisotopic (exact) mass is 380 g/mol.